The van der Waals surface area contributed by atoms with Gasteiger partial charge in [-0.05, 0) is 19.1 Å². The van der Waals surface area contributed by atoms with Crippen LogP contribution in [-0.2, 0) is 18.3 Å². The molecule has 0 aliphatic carbocycles. The molecule has 0 atom stereocenters. The fourth-order valence-electron chi connectivity index (χ4n) is 1.95. The highest BCUT2D eigenvalue weighted by Gasteiger charge is 2.16. The maximum absolute atomic E-state index is 13.5. The molecule has 0 radical (unpaired) electrons. The van der Waals surface area contributed by atoms with Crippen LogP contribution in [-0.4, -0.2) is 22.6 Å². The van der Waals surface area contributed by atoms with Crippen LogP contribution in [0.3, 0.4) is 0 Å². The first-order valence-electron chi connectivity index (χ1n) is 6.11. The summed E-state index contributed by atoms with van der Waals surface area (Å²) in [6, 6.07) is 3.31. The molecule has 0 spiro atoms. The van der Waals surface area contributed by atoms with Gasteiger partial charge in [0.1, 0.15) is 0 Å². The number of hydrogen-bond donors (Lipinski definition) is 1. The number of esters is 1. The van der Waals surface area contributed by atoms with Gasteiger partial charge in [-0.3, -0.25) is 4.98 Å². The average molecular weight is 277 g/mol. The Hall–Kier alpha value is -2.37. The van der Waals surface area contributed by atoms with Crippen molar-refractivity contribution in [1.29, 1.82) is 0 Å². The fourth-order valence-corrected chi connectivity index (χ4v) is 1.95. The molecule has 5 nitrogen and oxygen atoms in total. The van der Waals surface area contributed by atoms with E-state index in [9.17, 15) is 9.18 Å². The predicted molar refractivity (Wildman–Crippen MR) is 73.0 cm³/mol. The quantitative estimate of drug-likeness (QED) is 0.871. The monoisotopic (exact) mass is 277 g/mol. The zero-order valence-electron chi connectivity index (χ0n) is 11.6. The molecule has 2 aromatic heterocycles. The average Bonchev–Trinajstić information content (AvgIpc) is 2.74. The van der Waals surface area contributed by atoms with Crippen LogP contribution in [0.5, 0.6) is 0 Å². The van der Waals surface area contributed by atoms with Crippen molar-refractivity contribution in [2.75, 3.05) is 12.4 Å². The van der Waals surface area contributed by atoms with Gasteiger partial charge in [-0.2, -0.15) is 0 Å². The topological polar surface area (TPSA) is 56.1 Å². The highest BCUT2D eigenvalue weighted by atomic mass is 19.1. The lowest BCUT2D eigenvalue weighted by atomic mass is 10.2. The van der Waals surface area contributed by atoms with Gasteiger partial charge >= 0.3 is 5.97 Å². The molecule has 0 amide bonds. The van der Waals surface area contributed by atoms with Crippen LogP contribution >= 0.6 is 0 Å². The van der Waals surface area contributed by atoms with Gasteiger partial charge in [0.25, 0.3) is 0 Å². The molecule has 0 saturated carbocycles. The first kappa shape index (κ1) is 14.0. The normalized spacial score (nSPS) is 10.4. The lowest BCUT2D eigenvalue weighted by molar-refractivity contribution is 0.0600. The van der Waals surface area contributed by atoms with E-state index < -0.39 is 5.82 Å². The van der Waals surface area contributed by atoms with E-state index >= 15 is 0 Å². The SMILES string of the molecule is COC(=O)c1cc(CNc2ccncc2F)n(C)c1C. The van der Waals surface area contributed by atoms with Gasteiger partial charge in [0.15, 0.2) is 5.82 Å². The Morgan fingerprint density at radius 1 is 1.55 bits per heavy atom. The number of methoxy groups -OCH3 is 1. The van der Waals surface area contributed by atoms with Crippen molar-refractivity contribution in [3.8, 4) is 0 Å². The number of carbonyl (C=O) groups is 1. The summed E-state index contributed by atoms with van der Waals surface area (Å²) in [5, 5.41) is 2.98. The van der Waals surface area contributed by atoms with Crippen molar-refractivity contribution < 1.29 is 13.9 Å². The number of pyridine rings is 1. The highest BCUT2D eigenvalue weighted by Crippen LogP contribution is 2.17. The third-order valence-electron chi connectivity index (χ3n) is 3.27. The van der Waals surface area contributed by atoms with Crippen LogP contribution in [0.2, 0.25) is 0 Å². The van der Waals surface area contributed by atoms with Crippen molar-refractivity contribution >= 4 is 11.7 Å². The van der Waals surface area contributed by atoms with Gasteiger partial charge in [0, 0.05) is 24.6 Å². The minimum atomic E-state index is -0.411. The van der Waals surface area contributed by atoms with E-state index in [0.29, 0.717) is 17.8 Å². The number of rotatable bonds is 4. The van der Waals surface area contributed by atoms with E-state index in [0.717, 1.165) is 17.6 Å². The summed E-state index contributed by atoms with van der Waals surface area (Å²) in [6.07, 6.45) is 2.67. The highest BCUT2D eigenvalue weighted by molar-refractivity contribution is 5.91. The van der Waals surface area contributed by atoms with Crippen LogP contribution < -0.4 is 5.32 Å². The summed E-state index contributed by atoms with van der Waals surface area (Å²) < 4.78 is 20.1. The standard InChI is InChI=1S/C14H16FN3O2/c1-9-11(14(19)20-3)6-10(18(9)2)7-17-13-4-5-16-8-12(13)15/h4-6,8H,7H2,1-3H3,(H,16,17). The summed E-state index contributed by atoms with van der Waals surface area (Å²) in [5.74, 6) is -0.786. The Bertz CT molecular complexity index is 637. The third-order valence-corrected chi connectivity index (χ3v) is 3.27. The molecule has 2 heterocycles. The predicted octanol–water partition coefficient (Wildman–Crippen LogP) is 2.27. The Morgan fingerprint density at radius 3 is 2.95 bits per heavy atom. The van der Waals surface area contributed by atoms with Crippen LogP contribution in [0.1, 0.15) is 21.7 Å². The van der Waals surface area contributed by atoms with Gasteiger partial charge in [-0.1, -0.05) is 0 Å². The Morgan fingerprint density at radius 2 is 2.30 bits per heavy atom. The zero-order valence-corrected chi connectivity index (χ0v) is 11.6. The maximum atomic E-state index is 13.5. The lowest BCUT2D eigenvalue weighted by Crippen LogP contribution is -2.06. The van der Waals surface area contributed by atoms with Crippen molar-refractivity contribution in [3.63, 3.8) is 0 Å². The number of carbonyl (C=O) groups excluding carboxylic acids is 1. The van der Waals surface area contributed by atoms with E-state index in [-0.39, 0.29) is 5.97 Å². The number of anilines is 1. The van der Waals surface area contributed by atoms with E-state index in [4.69, 9.17) is 4.74 Å². The van der Waals surface area contributed by atoms with E-state index in [2.05, 4.69) is 10.3 Å². The molecule has 0 aliphatic heterocycles. The smallest absolute Gasteiger partial charge is 0.339 e. The molecule has 2 aromatic rings. The van der Waals surface area contributed by atoms with Crippen LogP contribution in [0.15, 0.2) is 24.5 Å². The maximum Gasteiger partial charge on any atom is 0.339 e. The Kier molecular flexibility index (Phi) is 4.02. The van der Waals surface area contributed by atoms with Crippen molar-refractivity contribution in [2.45, 2.75) is 13.5 Å². The summed E-state index contributed by atoms with van der Waals surface area (Å²) in [5.41, 5.74) is 2.56. The molecule has 0 aromatic carbocycles. The van der Waals surface area contributed by atoms with Crippen LogP contribution in [0.25, 0.3) is 0 Å². The Balaban J connectivity index is 2.18. The first-order valence-corrected chi connectivity index (χ1v) is 6.11. The van der Waals surface area contributed by atoms with E-state index in [1.165, 1.54) is 13.3 Å². The van der Waals surface area contributed by atoms with Crippen molar-refractivity contribution in [3.05, 3.63) is 47.3 Å². The number of halogens is 1. The molecule has 2 rings (SSSR count). The van der Waals surface area contributed by atoms with Gasteiger partial charge in [0.05, 0.1) is 31.1 Å². The summed E-state index contributed by atoms with van der Waals surface area (Å²) in [7, 11) is 3.20. The van der Waals surface area contributed by atoms with E-state index in [1.54, 1.807) is 12.1 Å². The lowest BCUT2D eigenvalue weighted by Gasteiger charge is -2.08. The largest absolute Gasteiger partial charge is 0.465 e. The summed E-state index contributed by atoms with van der Waals surface area (Å²) in [4.78, 5) is 15.3. The molecular weight excluding hydrogens is 261 g/mol. The van der Waals surface area contributed by atoms with Gasteiger partial charge in [-0.25, -0.2) is 9.18 Å². The second-order valence-corrected chi connectivity index (χ2v) is 4.39. The van der Waals surface area contributed by atoms with Crippen molar-refractivity contribution in [2.24, 2.45) is 7.05 Å². The van der Waals surface area contributed by atoms with Crippen LogP contribution in [0, 0.1) is 12.7 Å². The van der Waals surface area contributed by atoms with Crippen LogP contribution in [0.4, 0.5) is 10.1 Å². The first-order chi connectivity index (χ1) is 9.54. The molecule has 20 heavy (non-hydrogen) atoms. The van der Waals surface area contributed by atoms with E-state index in [1.807, 2.05) is 18.5 Å². The molecule has 1 N–H and O–H groups in total. The minimum absolute atomic E-state index is 0.374. The number of ether oxygens (including phenoxy) is 1. The molecule has 0 bridgehead atoms. The minimum Gasteiger partial charge on any atom is -0.465 e. The second-order valence-electron chi connectivity index (χ2n) is 4.39. The molecule has 0 unspecified atom stereocenters. The number of hydrogen-bond acceptors (Lipinski definition) is 4. The van der Waals surface area contributed by atoms with Gasteiger partial charge < -0.3 is 14.6 Å². The molecular formula is C14H16FN3O2. The number of nitrogens with one attached hydrogen (secondary N) is 1. The second kappa shape index (κ2) is 5.73. The summed E-state index contributed by atoms with van der Waals surface area (Å²) in [6.45, 7) is 2.23. The number of nitrogens with zero attached hydrogens (tertiary/aromatic N) is 2. The van der Waals surface area contributed by atoms with Crippen molar-refractivity contribution in [1.82, 2.24) is 9.55 Å². The third kappa shape index (κ3) is 2.64. The molecule has 0 fully saturated rings. The molecule has 0 saturated heterocycles. The molecule has 6 heteroatoms. The number of aromatic nitrogens is 2. The molecule has 106 valence electrons. The summed E-state index contributed by atoms with van der Waals surface area (Å²) >= 11 is 0. The van der Waals surface area contributed by atoms with Gasteiger partial charge in [-0.15, -0.1) is 0 Å². The fraction of sp³-hybridized carbons (Fsp3) is 0.286. The van der Waals surface area contributed by atoms with Gasteiger partial charge in [0.2, 0.25) is 0 Å². The molecule has 0 aliphatic rings. The zero-order chi connectivity index (χ0) is 14.7. The Labute approximate surface area is 116 Å².